The third kappa shape index (κ3) is 3.33. The number of piperazine rings is 1. The van der Waals surface area contributed by atoms with Crippen molar-refractivity contribution in [1.29, 1.82) is 0 Å². The van der Waals surface area contributed by atoms with Crippen molar-refractivity contribution in [2.45, 2.75) is 25.8 Å². The lowest BCUT2D eigenvalue weighted by atomic mass is 10.2. The van der Waals surface area contributed by atoms with Crippen LogP contribution in [-0.4, -0.2) is 51.2 Å². The largest absolute Gasteiger partial charge is 0.340 e. The average molecular weight is 299 g/mol. The quantitative estimate of drug-likeness (QED) is 0.915. The predicted molar refractivity (Wildman–Crippen MR) is 83.7 cm³/mol. The Kier molecular flexibility index (Phi) is 4.48. The van der Waals surface area contributed by atoms with Gasteiger partial charge in [0, 0.05) is 44.2 Å². The van der Waals surface area contributed by atoms with Crippen LogP contribution in [0, 0.1) is 0 Å². The number of hydrogen-bond donors (Lipinski definition) is 1. The maximum atomic E-state index is 12.3. The first kappa shape index (κ1) is 14.7. The zero-order valence-electron chi connectivity index (χ0n) is 12.8. The van der Waals surface area contributed by atoms with Crippen LogP contribution in [0.15, 0.2) is 36.7 Å². The Bertz CT molecular complexity index is 624. The molecule has 22 heavy (non-hydrogen) atoms. The molecule has 2 heterocycles. The van der Waals surface area contributed by atoms with Crippen molar-refractivity contribution in [3.63, 3.8) is 0 Å². The molecule has 1 aromatic heterocycles. The molecule has 1 saturated heterocycles. The molecule has 116 valence electrons. The second-order valence-electron chi connectivity index (χ2n) is 5.65. The van der Waals surface area contributed by atoms with Crippen LogP contribution in [0.5, 0.6) is 0 Å². The standard InChI is InChI=1S/C16H21N5O/c1-13-11-20(10-9-17-13)16(22)8-7-15-19-18-12-21(15)14-5-3-2-4-6-14/h2-6,12-13,17H,7-11H2,1H3/t13-/m0/s1. The highest BCUT2D eigenvalue weighted by Gasteiger charge is 2.20. The van der Waals surface area contributed by atoms with Gasteiger partial charge in [0.1, 0.15) is 12.2 Å². The van der Waals surface area contributed by atoms with Gasteiger partial charge in [0.2, 0.25) is 5.91 Å². The molecule has 0 spiro atoms. The van der Waals surface area contributed by atoms with Crippen molar-refractivity contribution >= 4 is 5.91 Å². The molecule has 0 bridgehead atoms. The van der Waals surface area contributed by atoms with E-state index < -0.39 is 0 Å². The molecule has 6 heteroatoms. The van der Waals surface area contributed by atoms with Gasteiger partial charge in [0.25, 0.3) is 0 Å². The summed E-state index contributed by atoms with van der Waals surface area (Å²) in [6.45, 7) is 4.54. The van der Waals surface area contributed by atoms with E-state index in [0.717, 1.165) is 31.1 Å². The predicted octanol–water partition coefficient (Wildman–Crippen LogP) is 1.02. The highest BCUT2D eigenvalue weighted by molar-refractivity contribution is 5.76. The summed E-state index contributed by atoms with van der Waals surface area (Å²) in [4.78, 5) is 14.3. The summed E-state index contributed by atoms with van der Waals surface area (Å²) >= 11 is 0. The summed E-state index contributed by atoms with van der Waals surface area (Å²) in [7, 11) is 0. The summed E-state index contributed by atoms with van der Waals surface area (Å²) in [5, 5.41) is 11.5. The summed E-state index contributed by atoms with van der Waals surface area (Å²) in [6.07, 6.45) is 2.77. The minimum absolute atomic E-state index is 0.191. The summed E-state index contributed by atoms with van der Waals surface area (Å²) < 4.78 is 1.94. The van der Waals surface area contributed by atoms with Crippen molar-refractivity contribution in [2.75, 3.05) is 19.6 Å². The number of nitrogens with zero attached hydrogens (tertiary/aromatic N) is 4. The van der Waals surface area contributed by atoms with E-state index in [4.69, 9.17) is 0 Å². The fraction of sp³-hybridized carbons (Fsp3) is 0.438. The Morgan fingerprint density at radius 3 is 2.95 bits per heavy atom. The molecule has 1 atom stereocenters. The van der Waals surface area contributed by atoms with Gasteiger partial charge in [0.15, 0.2) is 0 Å². The van der Waals surface area contributed by atoms with E-state index in [0.29, 0.717) is 18.9 Å². The molecule has 1 N–H and O–H groups in total. The lowest BCUT2D eigenvalue weighted by molar-refractivity contribution is -0.132. The second-order valence-corrected chi connectivity index (χ2v) is 5.65. The van der Waals surface area contributed by atoms with Crippen LogP contribution in [0.25, 0.3) is 5.69 Å². The van der Waals surface area contributed by atoms with Crippen LogP contribution in [0.2, 0.25) is 0 Å². The van der Waals surface area contributed by atoms with Gasteiger partial charge < -0.3 is 10.2 Å². The summed E-state index contributed by atoms with van der Waals surface area (Å²) in [5.74, 6) is 1.01. The zero-order chi connectivity index (χ0) is 15.4. The van der Waals surface area contributed by atoms with Gasteiger partial charge in [0.05, 0.1) is 0 Å². The van der Waals surface area contributed by atoms with Crippen LogP contribution in [-0.2, 0) is 11.2 Å². The molecule has 1 amide bonds. The van der Waals surface area contributed by atoms with Crippen molar-refractivity contribution in [2.24, 2.45) is 0 Å². The summed E-state index contributed by atoms with van der Waals surface area (Å²) in [6, 6.07) is 10.3. The van der Waals surface area contributed by atoms with Crippen LogP contribution in [0.1, 0.15) is 19.2 Å². The lowest BCUT2D eigenvalue weighted by Gasteiger charge is -2.31. The first-order valence-corrected chi connectivity index (χ1v) is 7.69. The van der Waals surface area contributed by atoms with Crippen LogP contribution in [0.4, 0.5) is 0 Å². The third-order valence-electron chi connectivity index (χ3n) is 3.94. The van der Waals surface area contributed by atoms with Crippen LogP contribution in [0.3, 0.4) is 0 Å². The number of carbonyl (C=O) groups excluding carboxylic acids is 1. The number of aromatic nitrogens is 3. The van der Waals surface area contributed by atoms with Gasteiger partial charge >= 0.3 is 0 Å². The van der Waals surface area contributed by atoms with Gasteiger partial charge in [-0.2, -0.15) is 0 Å². The van der Waals surface area contributed by atoms with E-state index in [-0.39, 0.29) is 5.91 Å². The van der Waals surface area contributed by atoms with Crippen molar-refractivity contribution in [3.05, 3.63) is 42.5 Å². The molecule has 0 saturated carbocycles. The smallest absolute Gasteiger partial charge is 0.223 e. The van der Waals surface area contributed by atoms with Crippen LogP contribution >= 0.6 is 0 Å². The van der Waals surface area contributed by atoms with Crippen molar-refractivity contribution in [3.8, 4) is 5.69 Å². The fourth-order valence-corrected chi connectivity index (χ4v) is 2.77. The number of hydrogen-bond acceptors (Lipinski definition) is 4. The highest BCUT2D eigenvalue weighted by atomic mass is 16.2. The number of aryl methyl sites for hydroxylation is 1. The van der Waals surface area contributed by atoms with Crippen molar-refractivity contribution in [1.82, 2.24) is 25.0 Å². The molecule has 0 aliphatic carbocycles. The molecule has 0 radical (unpaired) electrons. The van der Waals surface area contributed by atoms with Crippen LogP contribution < -0.4 is 5.32 Å². The molecule has 2 aromatic rings. The number of para-hydroxylation sites is 1. The first-order valence-electron chi connectivity index (χ1n) is 7.69. The average Bonchev–Trinajstić information content (AvgIpc) is 3.02. The van der Waals surface area contributed by atoms with Crippen molar-refractivity contribution < 1.29 is 4.79 Å². The van der Waals surface area contributed by atoms with E-state index in [1.165, 1.54) is 0 Å². The molecule has 0 unspecified atom stereocenters. The SMILES string of the molecule is C[C@H]1CN(C(=O)CCc2nncn2-c2ccccc2)CCN1. The second kappa shape index (κ2) is 6.70. The minimum atomic E-state index is 0.191. The maximum absolute atomic E-state index is 12.3. The molecule has 1 aliphatic rings. The van der Waals surface area contributed by atoms with E-state index >= 15 is 0 Å². The monoisotopic (exact) mass is 299 g/mol. The Labute approximate surface area is 130 Å². The molecular formula is C16H21N5O. The Morgan fingerprint density at radius 1 is 1.36 bits per heavy atom. The van der Waals surface area contributed by atoms with E-state index in [1.54, 1.807) is 6.33 Å². The lowest BCUT2D eigenvalue weighted by Crippen LogP contribution is -2.51. The number of nitrogens with one attached hydrogen (secondary N) is 1. The topological polar surface area (TPSA) is 63.1 Å². The Hall–Kier alpha value is -2.21. The molecule has 3 rings (SSSR count). The minimum Gasteiger partial charge on any atom is -0.340 e. The third-order valence-corrected chi connectivity index (χ3v) is 3.94. The molecule has 1 aliphatic heterocycles. The Morgan fingerprint density at radius 2 is 2.18 bits per heavy atom. The zero-order valence-corrected chi connectivity index (χ0v) is 12.8. The molecule has 1 aromatic carbocycles. The molecule has 6 nitrogen and oxygen atoms in total. The van der Waals surface area contributed by atoms with E-state index in [1.807, 2.05) is 39.8 Å². The maximum Gasteiger partial charge on any atom is 0.223 e. The van der Waals surface area contributed by atoms with Gasteiger partial charge in [-0.15, -0.1) is 10.2 Å². The van der Waals surface area contributed by atoms with Gasteiger partial charge in [-0.25, -0.2) is 0 Å². The van der Waals surface area contributed by atoms with Gasteiger partial charge in [-0.3, -0.25) is 9.36 Å². The van der Waals surface area contributed by atoms with E-state index in [2.05, 4.69) is 22.4 Å². The normalized spacial score (nSPS) is 18.4. The number of carbonyl (C=O) groups is 1. The Balaban J connectivity index is 1.63. The highest BCUT2D eigenvalue weighted by Crippen LogP contribution is 2.11. The van der Waals surface area contributed by atoms with E-state index in [9.17, 15) is 4.79 Å². The van der Waals surface area contributed by atoms with Gasteiger partial charge in [-0.05, 0) is 19.1 Å². The fourth-order valence-electron chi connectivity index (χ4n) is 2.77. The summed E-state index contributed by atoms with van der Waals surface area (Å²) in [5.41, 5.74) is 1.02. The van der Waals surface area contributed by atoms with Gasteiger partial charge in [-0.1, -0.05) is 18.2 Å². The number of amides is 1. The first-order chi connectivity index (χ1) is 10.7. The number of benzene rings is 1. The number of rotatable bonds is 4. The molecule has 1 fully saturated rings. The molecular weight excluding hydrogens is 278 g/mol.